The van der Waals surface area contributed by atoms with Crippen molar-refractivity contribution in [2.75, 3.05) is 6.61 Å². The molecule has 0 amide bonds. The van der Waals surface area contributed by atoms with Crippen LogP contribution in [0.4, 0.5) is 0 Å². The molecule has 2 rings (SSSR count). The second kappa shape index (κ2) is 8.89. The number of hydroxylamine groups is 2. The molecule has 142 valence electrons. The molecule has 0 aromatic heterocycles. The summed E-state index contributed by atoms with van der Waals surface area (Å²) < 4.78 is 33.5. The maximum Gasteiger partial charge on any atom is 1.00 e. The van der Waals surface area contributed by atoms with E-state index in [1.54, 1.807) is 0 Å². The van der Waals surface area contributed by atoms with Crippen LogP contribution < -0.4 is 29.6 Å². The minimum absolute atomic E-state index is 0. The van der Waals surface area contributed by atoms with Crippen molar-refractivity contribution in [2.45, 2.75) is 95.9 Å². The van der Waals surface area contributed by atoms with Gasteiger partial charge in [0.25, 0.3) is 0 Å². The van der Waals surface area contributed by atoms with E-state index >= 15 is 0 Å². The van der Waals surface area contributed by atoms with Gasteiger partial charge in [-0.05, 0) is 84.5 Å². The molecule has 0 spiro atoms. The number of piperidine rings is 1. The van der Waals surface area contributed by atoms with Crippen LogP contribution in [0.1, 0.15) is 79.6 Å². The first-order valence-corrected chi connectivity index (χ1v) is 10.8. The van der Waals surface area contributed by atoms with E-state index in [0.29, 0.717) is 31.3 Å². The molecule has 1 heterocycles. The fourth-order valence-electron chi connectivity index (χ4n) is 4.60. The fourth-order valence-corrected chi connectivity index (χ4v) is 5.45. The Hall–Kier alpha value is 0.830. The summed E-state index contributed by atoms with van der Waals surface area (Å²) in [7, 11) is -4.12. The molecule has 2 aliphatic rings. The predicted octanol–water partition coefficient (Wildman–Crippen LogP) is 0.705. The van der Waals surface area contributed by atoms with Gasteiger partial charge in [0.1, 0.15) is 0 Å². The predicted molar refractivity (Wildman–Crippen MR) is 94.4 cm³/mol. The molecular weight excluding hydrogens is 349 g/mol. The minimum Gasteiger partial charge on any atom is -0.748 e. The minimum atomic E-state index is -4.12. The van der Waals surface area contributed by atoms with Gasteiger partial charge in [-0.1, -0.05) is 6.92 Å². The number of rotatable bonds is 5. The molecule has 7 heteroatoms. The van der Waals surface area contributed by atoms with E-state index in [1.807, 2.05) is 0 Å². The van der Waals surface area contributed by atoms with Crippen LogP contribution >= 0.6 is 0 Å². The van der Waals surface area contributed by atoms with Crippen molar-refractivity contribution in [3.8, 4) is 0 Å². The Bertz CT molecular complexity index is 511. The molecule has 0 N–H and O–H groups in total. The van der Waals surface area contributed by atoms with Gasteiger partial charge in [-0.2, -0.15) is 5.06 Å². The summed E-state index contributed by atoms with van der Waals surface area (Å²) >= 11 is 0. The van der Waals surface area contributed by atoms with Gasteiger partial charge in [-0.15, -0.1) is 0 Å². The summed E-state index contributed by atoms with van der Waals surface area (Å²) in [6.45, 7) is 11.8. The van der Waals surface area contributed by atoms with E-state index in [0.717, 1.165) is 25.7 Å². The van der Waals surface area contributed by atoms with Crippen LogP contribution in [0, 0.1) is 11.8 Å². The van der Waals surface area contributed by atoms with Crippen molar-refractivity contribution in [2.24, 2.45) is 11.8 Å². The molecule has 1 aliphatic heterocycles. The summed E-state index contributed by atoms with van der Waals surface area (Å²) in [5.41, 5.74) is 0.0749. The molecule has 0 radical (unpaired) electrons. The third-order valence-electron chi connectivity index (χ3n) is 6.08. The molecule has 0 bridgehead atoms. The van der Waals surface area contributed by atoms with Crippen molar-refractivity contribution >= 4 is 10.1 Å². The third-order valence-corrected chi connectivity index (χ3v) is 7.36. The van der Waals surface area contributed by atoms with E-state index < -0.39 is 15.4 Å². The van der Waals surface area contributed by atoms with Gasteiger partial charge in [0.05, 0.1) is 16.7 Å². The standard InChI is InChI=1S/C18H35NO4S.Na/c1-14(15-7-9-16(10-8-15)24(20,21)22)13-23-19-17(2,3)11-6-12-18(19,4)5;/h14-16H,6-13H2,1-5H3,(H,20,21,22);/q;+1/p-1. The first-order chi connectivity index (χ1) is 10.9. The maximum atomic E-state index is 11.2. The third kappa shape index (κ3) is 6.16. The number of hydrogen-bond donors (Lipinski definition) is 0. The van der Waals surface area contributed by atoms with Gasteiger partial charge < -0.3 is 4.55 Å². The Morgan fingerprint density at radius 3 is 2.00 bits per heavy atom. The van der Waals surface area contributed by atoms with Crippen LogP contribution in [0.3, 0.4) is 0 Å². The molecular formula is C18H34NNaO4S. The largest absolute Gasteiger partial charge is 1.00 e. The van der Waals surface area contributed by atoms with Crippen LogP contribution in [0.2, 0.25) is 0 Å². The summed E-state index contributed by atoms with van der Waals surface area (Å²) in [6, 6.07) is 0. The number of hydrogen-bond acceptors (Lipinski definition) is 5. The molecule has 0 aromatic rings. The van der Waals surface area contributed by atoms with Crippen molar-refractivity contribution in [3.05, 3.63) is 0 Å². The molecule has 1 saturated heterocycles. The molecule has 1 atom stereocenters. The van der Waals surface area contributed by atoms with E-state index in [1.165, 1.54) is 6.42 Å². The van der Waals surface area contributed by atoms with Crippen molar-refractivity contribution < 1.29 is 47.4 Å². The zero-order valence-electron chi connectivity index (χ0n) is 16.9. The van der Waals surface area contributed by atoms with Gasteiger partial charge >= 0.3 is 29.6 Å². The average Bonchev–Trinajstić information content (AvgIpc) is 2.44. The SMILES string of the molecule is CC(CON1C(C)(C)CCCC1(C)C)C1CCC(S(=O)(=O)[O-])CC1.[Na+]. The summed E-state index contributed by atoms with van der Waals surface area (Å²) in [5.74, 6) is 0.813. The zero-order chi connectivity index (χ0) is 18.2. The Morgan fingerprint density at radius 1 is 1.08 bits per heavy atom. The van der Waals surface area contributed by atoms with E-state index in [-0.39, 0.29) is 40.6 Å². The molecule has 0 aromatic carbocycles. The first-order valence-electron chi connectivity index (χ1n) is 9.31. The van der Waals surface area contributed by atoms with E-state index in [4.69, 9.17) is 4.84 Å². The van der Waals surface area contributed by atoms with Gasteiger partial charge in [-0.3, -0.25) is 4.84 Å². The normalized spacial score (nSPS) is 31.1. The summed E-state index contributed by atoms with van der Waals surface area (Å²) in [6.07, 6.45) is 6.12. The Morgan fingerprint density at radius 2 is 1.56 bits per heavy atom. The fraction of sp³-hybridized carbons (Fsp3) is 1.00. The smallest absolute Gasteiger partial charge is 0.748 e. The van der Waals surface area contributed by atoms with Crippen LogP contribution in [0.5, 0.6) is 0 Å². The van der Waals surface area contributed by atoms with Gasteiger partial charge in [-0.25, -0.2) is 8.42 Å². The summed E-state index contributed by atoms with van der Waals surface area (Å²) in [4.78, 5) is 6.28. The second-order valence-electron chi connectivity index (χ2n) is 9.08. The Balaban J connectivity index is 0.00000312. The van der Waals surface area contributed by atoms with E-state index in [2.05, 4.69) is 39.7 Å². The zero-order valence-corrected chi connectivity index (χ0v) is 19.7. The quantitative estimate of drug-likeness (QED) is 0.516. The van der Waals surface area contributed by atoms with Crippen LogP contribution in [-0.4, -0.2) is 41.0 Å². The Kier molecular flexibility index (Phi) is 8.49. The van der Waals surface area contributed by atoms with Crippen LogP contribution in [0.25, 0.3) is 0 Å². The topological polar surface area (TPSA) is 69.7 Å². The van der Waals surface area contributed by atoms with Crippen molar-refractivity contribution in [1.29, 1.82) is 0 Å². The van der Waals surface area contributed by atoms with Crippen LogP contribution in [0.15, 0.2) is 0 Å². The van der Waals surface area contributed by atoms with E-state index in [9.17, 15) is 13.0 Å². The average molecular weight is 384 g/mol. The van der Waals surface area contributed by atoms with Gasteiger partial charge in [0.2, 0.25) is 0 Å². The van der Waals surface area contributed by atoms with Gasteiger partial charge in [0.15, 0.2) is 0 Å². The molecule has 2 fully saturated rings. The maximum absolute atomic E-state index is 11.2. The molecule has 1 unspecified atom stereocenters. The van der Waals surface area contributed by atoms with Crippen molar-refractivity contribution in [3.63, 3.8) is 0 Å². The van der Waals surface area contributed by atoms with Crippen LogP contribution in [-0.2, 0) is 15.0 Å². The first kappa shape index (κ1) is 23.9. The molecule has 1 aliphatic carbocycles. The monoisotopic (exact) mass is 383 g/mol. The van der Waals surface area contributed by atoms with Crippen molar-refractivity contribution in [1.82, 2.24) is 5.06 Å². The summed E-state index contributed by atoms with van der Waals surface area (Å²) in [5, 5.41) is 1.51. The van der Waals surface area contributed by atoms with Gasteiger partial charge in [0, 0.05) is 16.3 Å². The molecule has 25 heavy (non-hydrogen) atoms. The number of nitrogens with zero attached hydrogens (tertiary/aromatic N) is 1. The Labute approximate surface area is 176 Å². The second-order valence-corrected chi connectivity index (χ2v) is 10.7. The molecule has 1 saturated carbocycles. The molecule has 5 nitrogen and oxygen atoms in total.